The summed E-state index contributed by atoms with van der Waals surface area (Å²) >= 11 is 0. The molecule has 2 aromatic rings. The van der Waals surface area contributed by atoms with Crippen molar-refractivity contribution in [3.8, 4) is 5.75 Å². The van der Waals surface area contributed by atoms with Crippen LogP contribution in [0.1, 0.15) is 33.6 Å². The van der Waals surface area contributed by atoms with E-state index >= 15 is 0 Å². The molecule has 1 N–H and O–H groups in total. The maximum absolute atomic E-state index is 12.6. The fourth-order valence-electron chi connectivity index (χ4n) is 3.02. The lowest BCUT2D eigenvalue weighted by Crippen LogP contribution is -2.46. The number of hydrogen-bond donors (Lipinski definition) is 1. The summed E-state index contributed by atoms with van der Waals surface area (Å²) in [6.45, 7) is 1.27. The Hall–Kier alpha value is -2.82. The van der Waals surface area contributed by atoms with Crippen LogP contribution in [0, 0.1) is 0 Å². The molecule has 1 aliphatic heterocycles. The third kappa shape index (κ3) is 4.18. The summed E-state index contributed by atoms with van der Waals surface area (Å²) in [6.07, 6.45) is 1.52. The molecule has 0 unspecified atom stereocenters. The van der Waals surface area contributed by atoms with Gasteiger partial charge in [0.2, 0.25) is 0 Å². The van der Waals surface area contributed by atoms with Gasteiger partial charge < -0.3 is 15.0 Å². The van der Waals surface area contributed by atoms with Crippen molar-refractivity contribution in [2.45, 2.75) is 18.9 Å². The molecule has 0 aliphatic carbocycles. The molecule has 5 nitrogen and oxygen atoms in total. The van der Waals surface area contributed by atoms with E-state index in [1.165, 1.54) is 0 Å². The Morgan fingerprint density at radius 1 is 1.00 bits per heavy atom. The van der Waals surface area contributed by atoms with Gasteiger partial charge in [0.05, 0.1) is 7.11 Å². The molecular weight excluding hydrogens is 316 g/mol. The number of rotatable bonds is 4. The second-order valence-electron chi connectivity index (χ2n) is 6.14. The Bertz CT molecular complexity index is 738. The summed E-state index contributed by atoms with van der Waals surface area (Å²) in [5, 5.41) is 3.06. The van der Waals surface area contributed by atoms with Gasteiger partial charge in [-0.1, -0.05) is 24.3 Å². The maximum Gasteiger partial charge on any atom is 0.253 e. The summed E-state index contributed by atoms with van der Waals surface area (Å²) in [5.41, 5.74) is 1.29. The van der Waals surface area contributed by atoms with Crippen molar-refractivity contribution < 1.29 is 14.3 Å². The van der Waals surface area contributed by atoms with E-state index < -0.39 is 0 Å². The normalized spacial score (nSPS) is 14.8. The standard InChI is InChI=1S/C20H22N2O3/c1-25-18-9-5-8-16(14-18)20(24)22-12-10-17(11-13-22)21-19(23)15-6-3-2-4-7-15/h2-9,14,17H,10-13H2,1H3,(H,21,23). The van der Waals surface area contributed by atoms with Gasteiger partial charge >= 0.3 is 0 Å². The van der Waals surface area contributed by atoms with E-state index in [0.717, 1.165) is 12.8 Å². The lowest BCUT2D eigenvalue weighted by atomic mass is 10.0. The van der Waals surface area contributed by atoms with Gasteiger partial charge in [0, 0.05) is 30.3 Å². The van der Waals surface area contributed by atoms with E-state index in [0.29, 0.717) is 30.0 Å². The predicted octanol–water partition coefficient (Wildman–Crippen LogP) is 2.73. The highest BCUT2D eigenvalue weighted by atomic mass is 16.5. The average molecular weight is 338 g/mol. The summed E-state index contributed by atoms with van der Waals surface area (Å²) in [6, 6.07) is 16.5. The number of nitrogens with one attached hydrogen (secondary N) is 1. The van der Waals surface area contributed by atoms with Crippen LogP contribution in [0.2, 0.25) is 0 Å². The van der Waals surface area contributed by atoms with Crippen LogP contribution in [0.4, 0.5) is 0 Å². The van der Waals surface area contributed by atoms with Crippen LogP contribution in [-0.4, -0.2) is 43.0 Å². The number of piperidine rings is 1. The van der Waals surface area contributed by atoms with Gasteiger partial charge in [-0.15, -0.1) is 0 Å². The zero-order valence-electron chi connectivity index (χ0n) is 14.3. The third-order valence-electron chi connectivity index (χ3n) is 4.47. The summed E-state index contributed by atoms with van der Waals surface area (Å²) < 4.78 is 5.18. The SMILES string of the molecule is COc1cccc(C(=O)N2CCC(NC(=O)c3ccccc3)CC2)c1. The van der Waals surface area contributed by atoms with Gasteiger partial charge in [0.25, 0.3) is 11.8 Å². The Balaban J connectivity index is 1.54. The Labute approximate surface area is 147 Å². The second-order valence-corrected chi connectivity index (χ2v) is 6.14. The molecule has 0 saturated carbocycles. The Kier molecular flexibility index (Phi) is 5.33. The van der Waals surface area contributed by atoms with Gasteiger partial charge in [-0.3, -0.25) is 9.59 Å². The summed E-state index contributed by atoms with van der Waals surface area (Å²) in [7, 11) is 1.59. The number of benzene rings is 2. The molecule has 1 aliphatic rings. The number of amides is 2. The number of ether oxygens (including phenoxy) is 1. The topological polar surface area (TPSA) is 58.6 Å². The lowest BCUT2D eigenvalue weighted by Gasteiger charge is -2.32. The van der Waals surface area contributed by atoms with Gasteiger partial charge in [-0.25, -0.2) is 0 Å². The van der Waals surface area contributed by atoms with Crippen molar-refractivity contribution in [1.82, 2.24) is 10.2 Å². The van der Waals surface area contributed by atoms with Gasteiger partial charge in [0.1, 0.15) is 5.75 Å². The first kappa shape index (κ1) is 17.0. The van der Waals surface area contributed by atoms with Crippen molar-refractivity contribution in [3.63, 3.8) is 0 Å². The minimum atomic E-state index is -0.0572. The molecule has 130 valence electrons. The molecule has 1 heterocycles. The Morgan fingerprint density at radius 3 is 2.36 bits per heavy atom. The third-order valence-corrected chi connectivity index (χ3v) is 4.47. The summed E-state index contributed by atoms with van der Waals surface area (Å²) in [4.78, 5) is 26.6. The zero-order chi connectivity index (χ0) is 17.6. The van der Waals surface area contributed by atoms with Crippen LogP contribution < -0.4 is 10.1 Å². The molecule has 3 rings (SSSR count). The van der Waals surface area contributed by atoms with Gasteiger partial charge in [0.15, 0.2) is 0 Å². The molecule has 0 atom stereocenters. The van der Waals surface area contributed by atoms with Crippen LogP contribution in [0.5, 0.6) is 5.75 Å². The van der Waals surface area contributed by atoms with Gasteiger partial charge in [-0.2, -0.15) is 0 Å². The first-order valence-corrected chi connectivity index (χ1v) is 8.46. The van der Waals surface area contributed by atoms with Crippen molar-refractivity contribution in [2.24, 2.45) is 0 Å². The lowest BCUT2D eigenvalue weighted by molar-refractivity contribution is 0.0697. The fourth-order valence-corrected chi connectivity index (χ4v) is 3.02. The van der Waals surface area contributed by atoms with Crippen molar-refractivity contribution in [3.05, 3.63) is 65.7 Å². The van der Waals surface area contributed by atoms with E-state index in [1.807, 2.05) is 35.2 Å². The van der Waals surface area contributed by atoms with Crippen molar-refractivity contribution in [2.75, 3.05) is 20.2 Å². The van der Waals surface area contributed by atoms with E-state index in [-0.39, 0.29) is 17.9 Å². The molecule has 2 amide bonds. The molecule has 25 heavy (non-hydrogen) atoms. The second kappa shape index (κ2) is 7.83. The number of nitrogens with zero attached hydrogens (tertiary/aromatic N) is 1. The Morgan fingerprint density at radius 2 is 1.68 bits per heavy atom. The minimum Gasteiger partial charge on any atom is -0.497 e. The van der Waals surface area contributed by atoms with Crippen molar-refractivity contribution >= 4 is 11.8 Å². The van der Waals surface area contributed by atoms with E-state index in [4.69, 9.17) is 4.74 Å². The molecular formula is C20H22N2O3. The number of methoxy groups -OCH3 is 1. The average Bonchev–Trinajstić information content (AvgIpc) is 2.68. The molecule has 0 bridgehead atoms. The van der Waals surface area contributed by atoms with Crippen LogP contribution in [0.3, 0.4) is 0 Å². The highest BCUT2D eigenvalue weighted by molar-refractivity contribution is 5.95. The fraction of sp³-hybridized carbons (Fsp3) is 0.300. The number of hydrogen-bond acceptors (Lipinski definition) is 3. The molecule has 1 saturated heterocycles. The van der Waals surface area contributed by atoms with Crippen LogP contribution >= 0.6 is 0 Å². The van der Waals surface area contributed by atoms with Crippen molar-refractivity contribution in [1.29, 1.82) is 0 Å². The number of carbonyl (C=O) groups is 2. The summed E-state index contributed by atoms with van der Waals surface area (Å²) in [5.74, 6) is 0.626. The predicted molar refractivity (Wildman–Crippen MR) is 95.8 cm³/mol. The monoisotopic (exact) mass is 338 g/mol. The molecule has 5 heteroatoms. The van der Waals surface area contributed by atoms with Crippen LogP contribution in [0.25, 0.3) is 0 Å². The van der Waals surface area contributed by atoms with Crippen LogP contribution in [0.15, 0.2) is 54.6 Å². The zero-order valence-corrected chi connectivity index (χ0v) is 14.3. The molecule has 0 spiro atoms. The molecule has 0 aromatic heterocycles. The minimum absolute atomic E-state index is 0.00624. The number of likely N-dealkylation sites (tertiary alicyclic amines) is 1. The first-order chi connectivity index (χ1) is 12.2. The number of carbonyl (C=O) groups excluding carboxylic acids is 2. The highest BCUT2D eigenvalue weighted by Crippen LogP contribution is 2.18. The quantitative estimate of drug-likeness (QED) is 0.932. The molecule has 2 aromatic carbocycles. The van der Waals surface area contributed by atoms with E-state index in [1.54, 1.807) is 31.4 Å². The smallest absolute Gasteiger partial charge is 0.253 e. The van der Waals surface area contributed by atoms with Gasteiger partial charge in [-0.05, 0) is 43.2 Å². The van der Waals surface area contributed by atoms with E-state index in [2.05, 4.69) is 5.32 Å². The first-order valence-electron chi connectivity index (χ1n) is 8.46. The maximum atomic E-state index is 12.6. The largest absolute Gasteiger partial charge is 0.497 e. The highest BCUT2D eigenvalue weighted by Gasteiger charge is 2.25. The van der Waals surface area contributed by atoms with E-state index in [9.17, 15) is 9.59 Å². The molecule has 0 radical (unpaired) electrons. The van der Waals surface area contributed by atoms with Crippen LogP contribution in [-0.2, 0) is 0 Å². The molecule has 1 fully saturated rings.